The van der Waals surface area contributed by atoms with Crippen molar-refractivity contribution in [1.82, 2.24) is 4.90 Å². The Morgan fingerprint density at radius 3 is 3.06 bits per heavy atom. The molecule has 90 valence electrons. The van der Waals surface area contributed by atoms with Crippen LogP contribution in [-0.2, 0) is 17.6 Å². The zero-order valence-corrected chi connectivity index (χ0v) is 10.8. The summed E-state index contributed by atoms with van der Waals surface area (Å²) in [5, 5.41) is 0.763. The Hall–Kier alpha value is -1.02. The van der Waals surface area contributed by atoms with Crippen LogP contribution in [0.25, 0.3) is 0 Å². The Labute approximate surface area is 107 Å². The van der Waals surface area contributed by atoms with Crippen LogP contribution in [0.15, 0.2) is 12.1 Å². The van der Waals surface area contributed by atoms with Crippen LogP contribution >= 0.6 is 11.6 Å². The molecular weight excluding hydrogens is 234 g/mol. The molecule has 1 atom stereocenters. The van der Waals surface area contributed by atoms with Crippen molar-refractivity contribution in [3.63, 3.8) is 0 Å². The number of halogens is 1. The van der Waals surface area contributed by atoms with Gasteiger partial charge in [0, 0.05) is 24.5 Å². The second-order valence-electron chi connectivity index (χ2n) is 5.14. The summed E-state index contributed by atoms with van der Waals surface area (Å²) in [5.74, 6) is 0.679. The van der Waals surface area contributed by atoms with Crippen molar-refractivity contribution in [2.45, 2.75) is 31.6 Å². The first-order valence-electron chi connectivity index (χ1n) is 6.21. The summed E-state index contributed by atoms with van der Waals surface area (Å²) in [6, 6.07) is 4.10. The van der Waals surface area contributed by atoms with Crippen molar-refractivity contribution in [3.8, 4) is 0 Å². The number of likely N-dealkylation sites (N-methyl/N-ethyl adjacent to an activating group) is 1. The minimum absolute atomic E-state index is 0.190. The Morgan fingerprint density at radius 2 is 2.24 bits per heavy atom. The van der Waals surface area contributed by atoms with Crippen LogP contribution in [0.1, 0.15) is 35.4 Å². The van der Waals surface area contributed by atoms with Gasteiger partial charge in [0.2, 0.25) is 5.91 Å². The van der Waals surface area contributed by atoms with E-state index in [2.05, 4.69) is 6.07 Å². The highest BCUT2D eigenvalue weighted by Crippen LogP contribution is 2.39. The van der Waals surface area contributed by atoms with Crippen LogP contribution < -0.4 is 0 Å². The standard InChI is InChI=1S/C14H16ClNO/c1-16-8-10-4-2-3-9-5-6-12(15)11(14(9)10)7-13(16)17/h5-6,10H,2-4,7-8H2,1H3. The van der Waals surface area contributed by atoms with Gasteiger partial charge in [0.25, 0.3) is 0 Å². The molecule has 3 rings (SSSR count). The molecule has 0 saturated carbocycles. The molecule has 0 radical (unpaired) electrons. The molecule has 1 aromatic carbocycles. The summed E-state index contributed by atoms with van der Waals surface area (Å²) in [6.45, 7) is 0.846. The van der Waals surface area contributed by atoms with Crippen molar-refractivity contribution in [1.29, 1.82) is 0 Å². The minimum Gasteiger partial charge on any atom is -0.345 e. The first kappa shape index (κ1) is 11.1. The second-order valence-corrected chi connectivity index (χ2v) is 5.55. The van der Waals surface area contributed by atoms with Crippen molar-refractivity contribution in [2.75, 3.05) is 13.6 Å². The molecule has 1 unspecified atom stereocenters. The summed E-state index contributed by atoms with van der Waals surface area (Å²) < 4.78 is 0. The van der Waals surface area contributed by atoms with Crippen molar-refractivity contribution in [2.24, 2.45) is 0 Å². The molecule has 0 aromatic heterocycles. The monoisotopic (exact) mass is 249 g/mol. The largest absolute Gasteiger partial charge is 0.345 e. The minimum atomic E-state index is 0.190. The molecule has 2 aliphatic rings. The summed E-state index contributed by atoms with van der Waals surface area (Å²) in [7, 11) is 1.90. The number of hydrogen-bond donors (Lipinski definition) is 0. The Kier molecular flexibility index (Phi) is 2.62. The van der Waals surface area contributed by atoms with Crippen molar-refractivity contribution >= 4 is 17.5 Å². The van der Waals surface area contributed by atoms with Crippen LogP contribution in [0.5, 0.6) is 0 Å². The molecule has 0 bridgehead atoms. The maximum absolute atomic E-state index is 12.0. The number of hydrogen-bond acceptors (Lipinski definition) is 1. The molecule has 0 spiro atoms. The second kappa shape index (κ2) is 4.02. The number of carbonyl (C=O) groups excluding carboxylic acids is 1. The smallest absolute Gasteiger partial charge is 0.226 e. The molecule has 1 aromatic rings. The van der Waals surface area contributed by atoms with Gasteiger partial charge in [0.05, 0.1) is 6.42 Å². The van der Waals surface area contributed by atoms with Gasteiger partial charge in [0.15, 0.2) is 0 Å². The number of nitrogens with zero attached hydrogens (tertiary/aromatic N) is 1. The van der Waals surface area contributed by atoms with E-state index in [1.807, 2.05) is 18.0 Å². The zero-order chi connectivity index (χ0) is 12.0. The van der Waals surface area contributed by atoms with E-state index >= 15 is 0 Å². The van der Waals surface area contributed by atoms with Gasteiger partial charge in [-0.3, -0.25) is 4.79 Å². The van der Waals surface area contributed by atoms with Crippen molar-refractivity contribution < 1.29 is 4.79 Å². The summed E-state index contributed by atoms with van der Waals surface area (Å²) >= 11 is 6.28. The van der Waals surface area contributed by atoms with E-state index in [0.29, 0.717) is 12.3 Å². The SMILES string of the molecule is CN1CC2CCCc3ccc(Cl)c(c32)CC1=O. The summed E-state index contributed by atoms with van der Waals surface area (Å²) in [6.07, 6.45) is 4.00. The molecule has 1 heterocycles. The highest BCUT2D eigenvalue weighted by Gasteiger charge is 2.30. The Bertz CT molecular complexity index is 483. The lowest BCUT2D eigenvalue weighted by atomic mass is 9.80. The van der Waals surface area contributed by atoms with Gasteiger partial charge in [-0.15, -0.1) is 0 Å². The normalized spacial score (nSPS) is 23.3. The van der Waals surface area contributed by atoms with Crippen LogP contribution in [0, 0.1) is 0 Å². The van der Waals surface area contributed by atoms with Gasteiger partial charge >= 0.3 is 0 Å². The predicted octanol–water partition coefficient (Wildman–Crippen LogP) is 2.77. The number of amides is 1. The van der Waals surface area contributed by atoms with Crippen molar-refractivity contribution in [3.05, 3.63) is 33.8 Å². The third-order valence-electron chi connectivity index (χ3n) is 4.05. The highest BCUT2D eigenvalue weighted by atomic mass is 35.5. The van der Waals surface area contributed by atoms with Gasteiger partial charge in [0.1, 0.15) is 0 Å². The quantitative estimate of drug-likeness (QED) is 0.692. The molecule has 1 aliphatic carbocycles. The maximum Gasteiger partial charge on any atom is 0.226 e. The fourth-order valence-electron chi connectivity index (χ4n) is 3.18. The molecule has 3 heteroatoms. The van der Waals surface area contributed by atoms with E-state index in [1.54, 1.807) is 0 Å². The lowest BCUT2D eigenvalue weighted by Gasteiger charge is -2.28. The molecule has 0 fully saturated rings. The average Bonchev–Trinajstić information content (AvgIpc) is 2.44. The third-order valence-corrected chi connectivity index (χ3v) is 4.40. The van der Waals surface area contributed by atoms with Gasteiger partial charge in [-0.1, -0.05) is 17.7 Å². The van der Waals surface area contributed by atoms with Crippen LogP contribution in [0.3, 0.4) is 0 Å². The number of carbonyl (C=O) groups is 1. The van der Waals surface area contributed by atoms with Gasteiger partial charge in [-0.05, 0) is 42.0 Å². The van der Waals surface area contributed by atoms with E-state index < -0.39 is 0 Å². The average molecular weight is 250 g/mol. The fraction of sp³-hybridized carbons (Fsp3) is 0.500. The molecule has 2 nitrogen and oxygen atoms in total. The lowest BCUT2D eigenvalue weighted by molar-refractivity contribution is -0.129. The fourth-order valence-corrected chi connectivity index (χ4v) is 3.41. The number of aryl methyl sites for hydroxylation is 1. The molecule has 1 aliphatic heterocycles. The first-order chi connectivity index (χ1) is 8.16. The highest BCUT2D eigenvalue weighted by molar-refractivity contribution is 6.31. The Morgan fingerprint density at radius 1 is 1.41 bits per heavy atom. The molecule has 0 N–H and O–H groups in total. The topological polar surface area (TPSA) is 20.3 Å². The van der Waals surface area contributed by atoms with E-state index in [0.717, 1.165) is 23.6 Å². The summed E-state index contributed by atoms with van der Waals surface area (Å²) in [4.78, 5) is 13.8. The number of benzene rings is 1. The maximum atomic E-state index is 12.0. The third kappa shape index (κ3) is 1.75. The molecule has 0 saturated heterocycles. The molecular formula is C14H16ClNO. The lowest BCUT2D eigenvalue weighted by Crippen LogP contribution is -2.30. The Balaban J connectivity index is 2.19. The number of rotatable bonds is 0. The first-order valence-corrected chi connectivity index (χ1v) is 6.58. The van der Waals surface area contributed by atoms with Crippen LogP contribution in [-0.4, -0.2) is 24.4 Å². The van der Waals surface area contributed by atoms with Gasteiger partial charge in [-0.25, -0.2) is 0 Å². The van der Waals surface area contributed by atoms with E-state index in [1.165, 1.54) is 24.0 Å². The predicted molar refractivity (Wildman–Crippen MR) is 68.5 cm³/mol. The van der Waals surface area contributed by atoms with E-state index in [4.69, 9.17) is 11.6 Å². The van der Waals surface area contributed by atoms with Gasteiger partial charge in [-0.2, -0.15) is 0 Å². The van der Waals surface area contributed by atoms with E-state index in [-0.39, 0.29) is 5.91 Å². The molecule has 17 heavy (non-hydrogen) atoms. The van der Waals surface area contributed by atoms with E-state index in [9.17, 15) is 4.79 Å². The van der Waals surface area contributed by atoms with Crippen LogP contribution in [0.4, 0.5) is 0 Å². The molecule has 1 amide bonds. The van der Waals surface area contributed by atoms with Gasteiger partial charge < -0.3 is 4.90 Å². The summed E-state index contributed by atoms with van der Waals surface area (Å²) in [5.41, 5.74) is 3.87. The zero-order valence-electron chi connectivity index (χ0n) is 10.0. The van der Waals surface area contributed by atoms with Crippen LogP contribution in [0.2, 0.25) is 5.02 Å².